The van der Waals surface area contributed by atoms with Gasteiger partial charge in [-0.15, -0.1) is 0 Å². The Bertz CT molecular complexity index is 787. The van der Waals surface area contributed by atoms with Crippen LogP contribution in [0.5, 0.6) is 5.75 Å². The van der Waals surface area contributed by atoms with Crippen LogP contribution in [0.25, 0.3) is 0 Å². The number of aromatic nitrogens is 2. The second-order valence-corrected chi connectivity index (χ2v) is 5.96. The Kier molecular flexibility index (Phi) is 6.05. The van der Waals surface area contributed by atoms with Crippen molar-refractivity contribution >= 4 is 5.82 Å². The number of rotatable bonds is 7. The largest absolute Gasteiger partial charge is 0.487 e. The first kappa shape index (κ1) is 18.4. The molecule has 0 spiro atoms. The molecule has 1 heterocycles. The molecule has 132 valence electrons. The number of benzene rings is 1. The summed E-state index contributed by atoms with van der Waals surface area (Å²) in [5.74, 6) is 1.90. The van der Waals surface area contributed by atoms with Gasteiger partial charge in [-0.05, 0) is 38.0 Å². The second kappa shape index (κ2) is 8.23. The van der Waals surface area contributed by atoms with Gasteiger partial charge in [-0.25, -0.2) is 15.5 Å². The van der Waals surface area contributed by atoms with Crippen molar-refractivity contribution in [1.29, 1.82) is 5.53 Å². The Morgan fingerprint density at radius 1 is 1.36 bits per heavy atom. The van der Waals surface area contributed by atoms with E-state index in [1.807, 2.05) is 44.0 Å². The minimum absolute atomic E-state index is 0.220. The van der Waals surface area contributed by atoms with E-state index in [-0.39, 0.29) is 6.61 Å². The van der Waals surface area contributed by atoms with Gasteiger partial charge in [0.25, 0.3) is 0 Å². The fraction of sp³-hybridized carbons (Fsp3) is 0.333. The van der Waals surface area contributed by atoms with Gasteiger partial charge in [-0.3, -0.25) is 0 Å². The van der Waals surface area contributed by atoms with E-state index in [0.717, 1.165) is 22.4 Å². The van der Waals surface area contributed by atoms with E-state index in [1.165, 1.54) is 0 Å². The lowest BCUT2D eigenvalue weighted by Gasteiger charge is -2.16. The molecule has 0 unspecified atom stereocenters. The number of nitrogens with zero attached hydrogens (tertiary/aromatic N) is 4. The van der Waals surface area contributed by atoms with Crippen LogP contribution in [-0.2, 0) is 6.54 Å². The number of anilines is 1. The molecule has 2 rings (SSSR count). The lowest BCUT2D eigenvalue weighted by atomic mass is 10.1. The molecule has 1 aromatic carbocycles. The standard InChI is InChI=1S/C18H24N6O/c1-12-6-5-7-17(13(12)2)25-11-16(23-20)10-24(4)9-15-8-21-14(3)22-18(15)19/h5-8,10,20H,9,11H2,1-4H3,(H2,19,21,22). The molecular formula is C18H24N6O. The Morgan fingerprint density at radius 2 is 2.12 bits per heavy atom. The van der Waals surface area contributed by atoms with Crippen molar-refractivity contribution in [3.8, 4) is 5.75 Å². The van der Waals surface area contributed by atoms with E-state index in [2.05, 4.69) is 15.1 Å². The number of ether oxygens (including phenoxy) is 1. The maximum atomic E-state index is 7.37. The molecule has 0 saturated carbocycles. The topological polar surface area (TPSA) is 100 Å². The molecule has 7 heteroatoms. The smallest absolute Gasteiger partial charge is 0.134 e. The summed E-state index contributed by atoms with van der Waals surface area (Å²) >= 11 is 0. The molecule has 25 heavy (non-hydrogen) atoms. The first-order valence-electron chi connectivity index (χ1n) is 7.96. The van der Waals surface area contributed by atoms with E-state index in [9.17, 15) is 0 Å². The monoisotopic (exact) mass is 340 g/mol. The van der Waals surface area contributed by atoms with Crippen molar-refractivity contribution in [3.63, 3.8) is 0 Å². The zero-order valence-electron chi connectivity index (χ0n) is 15.1. The van der Waals surface area contributed by atoms with Crippen molar-refractivity contribution in [2.24, 2.45) is 5.11 Å². The molecule has 7 nitrogen and oxygen atoms in total. The van der Waals surface area contributed by atoms with Gasteiger partial charge < -0.3 is 15.4 Å². The molecule has 0 radical (unpaired) electrons. The highest BCUT2D eigenvalue weighted by atomic mass is 16.5. The molecular weight excluding hydrogens is 316 g/mol. The summed E-state index contributed by atoms with van der Waals surface area (Å²) in [5.41, 5.74) is 16.9. The van der Waals surface area contributed by atoms with Gasteiger partial charge in [-0.1, -0.05) is 12.1 Å². The summed E-state index contributed by atoms with van der Waals surface area (Å²) in [6, 6.07) is 5.90. The predicted octanol–water partition coefficient (Wildman–Crippen LogP) is 3.37. The van der Waals surface area contributed by atoms with Gasteiger partial charge in [-0.2, -0.15) is 5.11 Å². The van der Waals surface area contributed by atoms with Crippen molar-refractivity contribution in [3.05, 3.63) is 58.8 Å². The third kappa shape index (κ3) is 5.00. The molecule has 0 amide bonds. The lowest BCUT2D eigenvalue weighted by molar-refractivity contribution is 0.339. The van der Waals surface area contributed by atoms with Crippen LogP contribution >= 0.6 is 0 Å². The number of aryl methyl sites for hydroxylation is 2. The Balaban J connectivity index is 2.03. The van der Waals surface area contributed by atoms with Crippen molar-refractivity contribution in [1.82, 2.24) is 14.9 Å². The Labute approximate surface area is 148 Å². The van der Waals surface area contributed by atoms with Crippen molar-refractivity contribution < 1.29 is 4.74 Å². The highest BCUT2D eigenvalue weighted by Gasteiger charge is 2.07. The van der Waals surface area contributed by atoms with Crippen LogP contribution in [0.3, 0.4) is 0 Å². The SMILES string of the molecule is Cc1ncc(CN(C)C=C(COc2cccc(C)c2C)N=N)c(N)n1. The quantitative estimate of drug-likeness (QED) is 0.753. The van der Waals surface area contributed by atoms with Gasteiger partial charge in [0.15, 0.2) is 0 Å². The molecule has 0 bridgehead atoms. The van der Waals surface area contributed by atoms with E-state index in [1.54, 1.807) is 19.3 Å². The maximum Gasteiger partial charge on any atom is 0.134 e. The van der Waals surface area contributed by atoms with E-state index < -0.39 is 0 Å². The zero-order chi connectivity index (χ0) is 18.4. The second-order valence-electron chi connectivity index (χ2n) is 5.96. The van der Waals surface area contributed by atoms with E-state index >= 15 is 0 Å². The van der Waals surface area contributed by atoms with Gasteiger partial charge in [0.05, 0.1) is 0 Å². The number of nitrogens with two attached hydrogens (primary N) is 1. The maximum absolute atomic E-state index is 7.37. The van der Waals surface area contributed by atoms with Gasteiger partial charge in [0, 0.05) is 31.6 Å². The molecule has 2 aromatic rings. The summed E-state index contributed by atoms with van der Waals surface area (Å²) in [5, 5.41) is 3.56. The molecule has 0 fully saturated rings. The minimum atomic E-state index is 0.220. The molecule has 0 atom stereocenters. The minimum Gasteiger partial charge on any atom is -0.487 e. The van der Waals surface area contributed by atoms with Gasteiger partial charge in [0.1, 0.15) is 29.7 Å². The molecule has 1 aromatic heterocycles. The summed E-state index contributed by atoms with van der Waals surface area (Å²) in [7, 11) is 1.88. The number of hydrogen-bond donors (Lipinski definition) is 2. The summed E-state index contributed by atoms with van der Waals surface area (Å²) in [6.07, 6.45) is 3.48. The van der Waals surface area contributed by atoms with Crippen molar-refractivity contribution in [2.45, 2.75) is 27.3 Å². The van der Waals surface area contributed by atoms with E-state index in [4.69, 9.17) is 16.0 Å². The number of nitrogen functional groups attached to an aromatic ring is 1. The first-order valence-corrected chi connectivity index (χ1v) is 7.96. The lowest BCUT2D eigenvalue weighted by Crippen LogP contribution is -2.15. The fourth-order valence-corrected chi connectivity index (χ4v) is 2.33. The van der Waals surface area contributed by atoms with Crippen LogP contribution in [-0.4, -0.2) is 28.5 Å². The zero-order valence-corrected chi connectivity index (χ0v) is 15.1. The van der Waals surface area contributed by atoms with Crippen LogP contribution in [0.2, 0.25) is 0 Å². The summed E-state index contributed by atoms with van der Waals surface area (Å²) in [4.78, 5) is 10.2. The Morgan fingerprint density at radius 3 is 2.80 bits per heavy atom. The van der Waals surface area contributed by atoms with Crippen LogP contribution in [0.4, 0.5) is 5.82 Å². The average Bonchev–Trinajstić information content (AvgIpc) is 2.57. The Hall–Kier alpha value is -2.96. The van der Waals surface area contributed by atoms with Crippen LogP contribution in [0.1, 0.15) is 22.5 Å². The van der Waals surface area contributed by atoms with E-state index in [0.29, 0.717) is 23.9 Å². The predicted molar refractivity (Wildman–Crippen MR) is 97.3 cm³/mol. The molecule has 0 aliphatic heterocycles. The van der Waals surface area contributed by atoms with Crippen molar-refractivity contribution in [2.75, 3.05) is 19.4 Å². The number of nitrogens with one attached hydrogen (secondary N) is 1. The molecule has 0 aliphatic rings. The fourth-order valence-electron chi connectivity index (χ4n) is 2.33. The average molecular weight is 340 g/mol. The van der Waals surface area contributed by atoms with Crippen LogP contribution in [0.15, 0.2) is 41.4 Å². The molecule has 0 saturated heterocycles. The first-order chi connectivity index (χ1) is 11.9. The molecule has 3 N–H and O–H groups in total. The van der Waals surface area contributed by atoms with Gasteiger partial charge in [0.2, 0.25) is 0 Å². The highest BCUT2D eigenvalue weighted by Crippen LogP contribution is 2.21. The molecule has 0 aliphatic carbocycles. The van der Waals surface area contributed by atoms with Crippen LogP contribution < -0.4 is 10.5 Å². The normalized spacial score (nSPS) is 11.3. The van der Waals surface area contributed by atoms with Gasteiger partial charge >= 0.3 is 0 Å². The summed E-state index contributed by atoms with van der Waals surface area (Å²) < 4.78 is 5.80. The highest BCUT2D eigenvalue weighted by molar-refractivity contribution is 5.39. The van der Waals surface area contributed by atoms with Crippen LogP contribution in [0, 0.1) is 26.3 Å². The third-order valence-corrected chi connectivity index (χ3v) is 3.88. The third-order valence-electron chi connectivity index (χ3n) is 3.88. The number of hydrogen-bond acceptors (Lipinski definition) is 7. The summed E-state index contributed by atoms with van der Waals surface area (Å²) in [6.45, 7) is 6.59.